The Bertz CT molecular complexity index is 431. The van der Waals surface area contributed by atoms with Crippen molar-refractivity contribution in [2.75, 3.05) is 33.3 Å². The average Bonchev–Trinajstić information content (AvgIpc) is 2.87. The number of aryl methyl sites for hydroxylation is 2. The molecule has 1 heterocycles. The Hall–Kier alpha value is -0.900. The summed E-state index contributed by atoms with van der Waals surface area (Å²) in [5, 5.41) is 3.20. The first-order valence-corrected chi connectivity index (χ1v) is 7.44. The highest BCUT2D eigenvalue weighted by Gasteiger charge is 2.20. The number of rotatable bonds is 4. The molecule has 1 aliphatic carbocycles. The van der Waals surface area contributed by atoms with Gasteiger partial charge in [-0.2, -0.15) is 0 Å². The SMILES string of the molecule is CNCC1CN(Cc2ccc3c(c2)CCC3)CCO1. The maximum atomic E-state index is 5.76. The molecule has 1 unspecified atom stereocenters. The summed E-state index contributed by atoms with van der Waals surface area (Å²) < 4.78 is 5.76. The highest BCUT2D eigenvalue weighted by molar-refractivity contribution is 5.35. The van der Waals surface area contributed by atoms with Crippen LogP contribution < -0.4 is 5.32 Å². The van der Waals surface area contributed by atoms with Gasteiger partial charge in [0, 0.05) is 26.2 Å². The summed E-state index contributed by atoms with van der Waals surface area (Å²) in [6, 6.07) is 7.07. The molecule has 3 heteroatoms. The molecule has 1 aliphatic heterocycles. The third-order valence-corrected chi connectivity index (χ3v) is 4.22. The van der Waals surface area contributed by atoms with E-state index in [-0.39, 0.29) is 0 Å². The van der Waals surface area contributed by atoms with E-state index in [1.807, 2.05) is 7.05 Å². The number of hydrogen-bond donors (Lipinski definition) is 1. The molecule has 0 bridgehead atoms. The number of fused-ring (bicyclic) bond motifs is 1. The van der Waals surface area contributed by atoms with E-state index in [9.17, 15) is 0 Å². The molecule has 0 aromatic heterocycles. The Morgan fingerprint density at radius 1 is 1.32 bits per heavy atom. The van der Waals surface area contributed by atoms with E-state index >= 15 is 0 Å². The van der Waals surface area contributed by atoms with Crippen molar-refractivity contribution in [2.45, 2.75) is 31.9 Å². The average molecular weight is 260 g/mol. The summed E-state index contributed by atoms with van der Waals surface area (Å²) in [6.45, 7) is 4.96. The third-order valence-electron chi connectivity index (χ3n) is 4.22. The van der Waals surface area contributed by atoms with Gasteiger partial charge in [0.1, 0.15) is 0 Å². The van der Waals surface area contributed by atoms with Gasteiger partial charge < -0.3 is 10.1 Å². The number of ether oxygens (including phenoxy) is 1. The molecule has 104 valence electrons. The second kappa shape index (κ2) is 6.04. The summed E-state index contributed by atoms with van der Waals surface area (Å²) in [7, 11) is 1.99. The number of nitrogens with one attached hydrogen (secondary N) is 1. The van der Waals surface area contributed by atoms with E-state index in [0.29, 0.717) is 6.10 Å². The van der Waals surface area contributed by atoms with Crippen LogP contribution in [0.1, 0.15) is 23.1 Å². The first-order chi connectivity index (χ1) is 9.35. The molecule has 0 saturated carbocycles. The first kappa shape index (κ1) is 13.1. The Labute approximate surface area is 115 Å². The molecule has 19 heavy (non-hydrogen) atoms. The van der Waals surface area contributed by atoms with Gasteiger partial charge in [-0.25, -0.2) is 0 Å². The van der Waals surface area contributed by atoms with Crippen LogP contribution in [-0.4, -0.2) is 44.3 Å². The Balaban J connectivity index is 1.61. The lowest BCUT2D eigenvalue weighted by molar-refractivity contribution is -0.0291. The van der Waals surface area contributed by atoms with Crippen molar-refractivity contribution >= 4 is 0 Å². The summed E-state index contributed by atoms with van der Waals surface area (Å²) in [5.74, 6) is 0. The van der Waals surface area contributed by atoms with Crippen molar-refractivity contribution in [3.63, 3.8) is 0 Å². The molecule has 0 radical (unpaired) electrons. The minimum absolute atomic E-state index is 0.341. The van der Waals surface area contributed by atoms with Crippen LogP contribution in [0.5, 0.6) is 0 Å². The van der Waals surface area contributed by atoms with Crippen molar-refractivity contribution in [2.24, 2.45) is 0 Å². The van der Waals surface area contributed by atoms with Crippen LogP contribution in [0, 0.1) is 0 Å². The molecule has 1 atom stereocenters. The number of benzene rings is 1. The van der Waals surface area contributed by atoms with Crippen molar-refractivity contribution in [1.29, 1.82) is 0 Å². The van der Waals surface area contributed by atoms with Gasteiger partial charge in [0.25, 0.3) is 0 Å². The normalized spacial score (nSPS) is 23.5. The summed E-state index contributed by atoms with van der Waals surface area (Å²) in [5.41, 5.74) is 4.61. The summed E-state index contributed by atoms with van der Waals surface area (Å²) in [6.07, 6.45) is 4.22. The third kappa shape index (κ3) is 3.16. The maximum absolute atomic E-state index is 5.76. The minimum Gasteiger partial charge on any atom is -0.374 e. The van der Waals surface area contributed by atoms with Gasteiger partial charge in [-0.05, 0) is 43.0 Å². The predicted molar refractivity (Wildman–Crippen MR) is 77.4 cm³/mol. The zero-order valence-electron chi connectivity index (χ0n) is 11.8. The molecule has 1 saturated heterocycles. The highest BCUT2D eigenvalue weighted by atomic mass is 16.5. The largest absolute Gasteiger partial charge is 0.374 e. The number of nitrogens with zero attached hydrogens (tertiary/aromatic N) is 1. The molecule has 2 aliphatic rings. The summed E-state index contributed by atoms with van der Waals surface area (Å²) >= 11 is 0. The predicted octanol–water partition coefficient (Wildman–Crippen LogP) is 1.60. The van der Waals surface area contributed by atoms with Crippen LogP contribution in [0.25, 0.3) is 0 Å². The number of morpholine rings is 1. The molecular formula is C16H24N2O. The number of likely N-dealkylation sites (N-methyl/N-ethyl adjacent to an activating group) is 1. The second-order valence-electron chi connectivity index (χ2n) is 5.74. The van der Waals surface area contributed by atoms with Crippen LogP contribution in [0.4, 0.5) is 0 Å². The van der Waals surface area contributed by atoms with E-state index in [1.165, 1.54) is 24.8 Å². The molecule has 1 aromatic carbocycles. The topological polar surface area (TPSA) is 24.5 Å². The molecule has 3 rings (SSSR count). The lowest BCUT2D eigenvalue weighted by Gasteiger charge is -2.33. The quantitative estimate of drug-likeness (QED) is 0.890. The fourth-order valence-electron chi connectivity index (χ4n) is 3.26. The zero-order valence-corrected chi connectivity index (χ0v) is 11.8. The van der Waals surface area contributed by atoms with Gasteiger partial charge in [0.2, 0.25) is 0 Å². The number of hydrogen-bond acceptors (Lipinski definition) is 3. The van der Waals surface area contributed by atoms with Crippen LogP contribution in [0.2, 0.25) is 0 Å². The standard InChI is InChI=1S/C16H24N2O/c1-17-10-16-12-18(7-8-19-16)11-13-5-6-14-3-2-4-15(14)9-13/h5-6,9,16-17H,2-4,7-8,10-12H2,1H3. The smallest absolute Gasteiger partial charge is 0.0826 e. The Kier molecular flexibility index (Phi) is 4.16. The van der Waals surface area contributed by atoms with E-state index in [0.717, 1.165) is 32.8 Å². The molecule has 1 aromatic rings. The van der Waals surface area contributed by atoms with E-state index < -0.39 is 0 Å². The second-order valence-corrected chi connectivity index (χ2v) is 5.74. The fourth-order valence-corrected chi connectivity index (χ4v) is 3.26. The first-order valence-electron chi connectivity index (χ1n) is 7.44. The van der Waals surface area contributed by atoms with Crippen LogP contribution in [0.3, 0.4) is 0 Å². The van der Waals surface area contributed by atoms with Gasteiger partial charge in [-0.1, -0.05) is 18.2 Å². The van der Waals surface area contributed by atoms with Crippen LogP contribution in [0.15, 0.2) is 18.2 Å². The van der Waals surface area contributed by atoms with E-state index in [2.05, 4.69) is 28.4 Å². The van der Waals surface area contributed by atoms with Gasteiger partial charge in [0.05, 0.1) is 12.7 Å². The minimum atomic E-state index is 0.341. The maximum Gasteiger partial charge on any atom is 0.0826 e. The van der Waals surface area contributed by atoms with Crippen molar-refractivity contribution in [3.05, 3.63) is 34.9 Å². The van der Waals surface area contributed by atoms with Gasteiger partial charge in [-0.15, -0.1) is 0 Å². The van der Waals surface area contributed by atoms with Gasteiger partial charge in [0.15, 0.2) is 0 Å². The molecule has 0 spiro atoms. The van der Waals surface area contributed by atoms with E-state index in [4.69, 9.17) is 4.74 Å². The molecule has 1 fully saturated rings. The molecule has 1 N–H and O–H groups in total. The van der Waals surface area contributed by atoms with E-state index in [1.54, 1.807) is 11.1 Å². The van der Waals surface area contributed by atoms with Crippen LogP contribution in [-0.2, 0) is 24.1 Å². The molecule has 0 amide bonds. The lowest BCUT2D eigenvalue weighted by Crippen LogP contribution is -2.45. The van der Waals surface area contributed by atoms with Crippen molar-refractivity contribution in [3.8, 4) is 0 Å². The van der Waals surface area contributed by atoms with Crippen molar-refractivity contribution < 1.29 is 4.74 Å². The Morgan fingerprint density at radius 2 is 2.21 bits per heavy atom. The monoisotopic (exact) mass is 260 g/mol. The fraction of sp³-hybridized carbons (Fsp3) is 0.625. The van der Waals surface area contributed by atoms with Crippen LogP contribution >= 0.6 is 0 Å². The van der Waals surface area contributed by atoms with Crippen molar-refractivity contribution in [1.82, 2.24) is 10.2 Å². The lowest BCUT2D eigenvalue weighted by atomic mass is 10.1. The zero-order chi connectivity index (χ0) is 13.1. The molecule has 3 nitrogen and oxygen atoms in total. The molecular weight excluding hydrogens is 236 g/mol. The van der Waals surface area contributed by atoms with Gasteiger partial charge >= 0.3 is 0 Å². The van der Waals surface area contributed by atoms with Gasteiger partial charge in [-0.3, -0.25) is 4.90 Å². The highest BCUT2D eigenvalue weighted by Crippen LogP contribution is 2.23. The Morgan fingerprint density at radius 3 is 3.11 bits per heavy atom. The summed E-state index contributed by atoms with van der Waals surface area (Å²) in [4.78, 5) is 2.52.